The van der Waals surface area contributed by atoms with Crippen LogP contribution in [0.2, 0.25) is 0 Å². The van der Waals surface area contributed by atoms with E-state index in [4.69, 9.17) is 9.84 Å². The second-order valence-electron chi connectivity index (χ2n) is 3.16. The number of fused-ring (bicyclic) bond motifs is 4. The summed E-state index contributed by atoms with van der Waals surface area (Å²) in [6, 6.07) is 0. The summed E-state index contributed by atoms with van der Waals surface area (Å²) in [7, 11) is 0. The summed E-state index contributed by atoms with van der Waals surface area (Å²) in [4.78, 5) is 10.9. The first-order chi connectivity index (χ1) is 6.63. The second-order valence-corrected chi connectivity index (χ2v) is 3.16. The fourth-order valence-corrected chi connectivity index (χ4v) is 1.53. The quantitative estimate of drug-likeness (QED) is 0.424. The molecule has 0 aromatic carbocycles. The van der Waals surface area contributed by atoms with Gasteiger partial charge in [0.15, 0.2) is 6.10 Å². The molecule has 0 aromatic heterocycles. The molecule has 0 radical (unpaired) electrons. The molecule has 2 bridgehead atoms. The molecule has 0 aliphatic carbocycles. The minimum atomic E-state index is -1.35. The van der Waals surface area contributed by atoms with Crippen molar-refractivity contribution in [1.82, 2.24) is 0 Å². The van der Waals surface area contributed by atoms with Crippen LogP contribution in [0.5, 0.6) is 0 Å². The van der Waals surface area contributed by atoms with Gasteiger partial charge in [0.05, 0.1) is 6.61 Å². The molecular formula is C7H10O7. The van der Waals surface area contributed by atoms with Gasteiger partial charge in [-0.25, -0.2) is 4.79 Å². The van der Waals surface area contributed by atoms with E-state index in [9.17, 15) is 15.0 Å². The highest BCUT2D eigenvalue weighted by Gasteiger charge is 2.51. The summed E-state index contributed by atoms with van der Waals surface area (Å²) >= 11 is 0. The Hall–Kier alpha value is -0.890. The van der Waals surface area contributed by atoms with Crippen molar-refractivity contribution in [2.45, 2.75) is 30.7 Å². The van der Waals surface area contributed by atoms with Crippen molar-refractivity contribution >= 4 is 6.16 Å². The van der Waals surface area contributed by atoms with E-state index in [1.165, 1.54) is 0 Å². The third-order valence-electron chi connectivity index (χ3n) is 2.27. The Kier molecular flexibility index (Phi) is 2.31. The standard InChI is InChI=1S/C7H10O7/c8-1-2-5-3(9)4(10)6(12-2)14-7(11)13-5/h2-6,8-10H,1H2/t2-,3-,4-,5-,6-/m1/s1. The lowest BCUT2D eigenvalue weighted by molar-refractivity contribution is -0.253. The van der Waals surface area contributed by atoms with Crippen molar-refractivity contribution in [1.29, 1.82) is 0 Å². The van der Waals surface area contributed by atoms with Crippen LogP contribution in [0.4, 0.5) is 4.79 Å². The summed E-state index contributed by atoms with van der Waals surface area (Å²) in [6.07, 6.45) is -6.93. The minimum absolute atomic E-state index is 0.429. The first-order valence-corrected chi connectivity index (χ1v) is 4.13. The van der Waals surface area contributed by atoms with Crippen LogP contribution in [0.3, 0.4) is 0 Å². The molecule has 14 heavy (non-hydrogen) atoms. The lowest BCUT2D eigenvalue weighted by Crippen LogP contribution is -2.57. The van der Waals surface area contributed by atoms with E-state index in [0.717, 1.165) is 0 Å². The minimum Gasteiger partial charge on any atom is -0.425 e. The van der Waals surface area contributed by atoms with E-state index in [1.54, 1.807) is 0 Å². The smallest absolute Gasteiger partial charge is 0.425 e. The van der Waals surface area contributed by atoms with Gasteiger partial charge >= 0.3 is 6.16 Å². The van der Waals surface area contributed by atoms with Crippen LogP contribution in [0, 0.1) is 0 Å². The topological polar surface area (TPSA) is 105 Å². The predicted octanol–water partition coefficient (Wildman–Crippen LogP) is -2.04. The van der Waals surface area contributed by atoms with Crippen LogP contribution in [0.25, 0.3) is 0 Å². The molecule has 3 fully saturated rings. The average molecular weight is 206 g/mol. The molecule has 3 rings (SSSR count). The van der Waals surface area contributed by atoms with Crippen LogP contribution in [0.15, 0.2) is 0 Å². The summed E-state index contributed by atoms with van der Waals surface area (Å²) in [5.74, 6) is 0. The van der Waals surface area contributed by atoms with Crippen LogP contribution < -0.4 is 0 Å². The van der Waals surface area contributed by atoms with Gasteiger partial charge in [0, 0.05) is 0 Å². The van der Waals surface area contributed by atoms with Gasteiger partial charge in [-0.3, -0.25) is 0 Å². The third kappa shape index (κ3) is 1.34. The van der Waals surface area contributed by atoms with Gasteiger partial charge in [0.25, 0.3) is 0 Å². The number of aliphatic hydroxyl groups is 3. The van der Waals surface area contributed by atoms with Gasteiger partial charge < -0.3 is 29.5 Å². The molecule has 3 aliphatic heterocycles. The van der Waals surface area contributed by atoms with Crippen molar-refractivity contribution < 1.29 is 34.3 Å². The van der Waals surface area contributed by atoms with E-state index in [-0.39, 0.29) is 0 Å². The van der Waals surface area contributed by atoms with Gasteiger partial charge in [-0.15, -0.1) is 0 Å². The lowest BCUT2D eigenvalue weighted by atomic mass is 9.99. The summed E-state index contributed by atoms with van der Waals surface area (Å²) < 4.78 is 14.1. The molecule has 5 atom stereocenters. The number of aliphatic hydroxyl groups excluding tert-OH is 3. The highest BCUT2D eigenvalue weighted by Crippen LogP contribution is 2.28. The lowest BCUT2D eigenvalue weighted by Gasteiger charge is -2.35. The van der Waals surface area contributed by atoms with Gasteiger partial charge in [-0.1, -0.05) is 0 Å². The molecule has 0 amide bonds. The molecule has 3 N–H and O–H groups in total. The van der Waals surface area contributed by atoms with E-state index in [1.807, 2.05) is 0 Å². The predicted molar refractivity (Wildman–Crippen MR) is 39.1 cm³/mol. The zero-order valence-electron chi connectivity index (χ0n) is 7.07. The maximum Gasteiger partial charge on any atom is 0.511 e. The van der Waals surface area contributed by atoms with Gasteiger partial charge in [0.1, 0.15) is 18.3 Å². The molecule has 0 aromatic rings. The van der Waals surface area contributed by atoms with E-state index in [0.29, 0.717) is 0 Å². The van der Waals surface area contributed by atoms with Crippen LogP contribution in [-0.4, -0.2) is 58.8 Å². The van der Waals surface area contributed by atoms with Crippen molar-refractivity contribution in [2.24, 2.45) is 0 Å². The van der Waals surface area contributed by atoms with E-state index in [2.05, 4.69) is 9.47 Å². The van der Waals surface area contributed by atoms with Crippen molar-refractivity contribution in [3.8, 4) is 0 Å². The number of ether oxygens (including phenoxy) is 3. The monoisotopic (exact) mass is 206 g/mol. The molecule has 80 valence electrons. The summed E-state index contributed by atoms with van der Waals surface area (Å²) in [6.45, 7) is -0.429. The number of hydrogen-bond acceptors (Lipinski definition) is 7. The third-order valence-corrected chi connectivity index (χ3v) is 2.27. The first kappa shape index (κ1) is 9.66. The maximum atomic E-state index is 10.9. The second kappa shape index (κ2) is 3.35. The molecule has 3 aliphatic rings. The normalized spacial score (nSPS) is 46.8. The average Bonchev–Trinajstić information content (AvgIpc) is 2.38. The largest absolute Gasteiger partial charge is 0.511 e. The number of carbonyl (C=O) groups is 1. The fraction of sp³-hybridized carbons (Fsp3) is 0.857. The molecule has 3 heterocycles. The molecular weight excluding hydrogens is 196 g/mol. The molecule has 0 unspecified atom stereocenters. The zero-order valence-corrected chi connectivity index (χ0v) is 7.07. The SMILES string of the molecule is O=C1O[C@H]2O[C@H](CO)[C@@H](O1)[C@H](O)[C@H]2O. The number of hydrogen-bond donors (Lipinski definition) is 3. The van der Waals surface area contributed by atoms with E-state index >= 15 is 0 Å². The van der Waals surface area contributed by atoms with Gasteiger partial charge in [-0.2, -0.15) is 0 Å². The molecule has 3 saturated heterocycles. The van der Waals surface area contributed by atoms with Crippen LogP contribution in [-0.2, 0) is 14.2 Å². The summed E-state index contributed by atoms with van der Waals surface area (Å²) in [5.41, 5.74) is 0. The number of rotatable bonds is 1. The Morgan fingerprint density at radius 2 is 1.93 bits per heavy atom. The highest BCUT2D eigenvalue weighted by molar-refractivity contribution is 5.61. The summed E-state index contributed by atoms with van der Waals surface area (Å²) in [5, 5.41) is 27.7. The zero-order chi connectivity index (χ0) is 10.3. The van der Waals surface area contributed by atoms with Crippen molar-refractivity contribution in [3.05, 3.63) is 0 Å². The van der Waals surface area contributed by atoms with Gasteiger partial charge in [0.2, 0.25) is 6.29 Å². The van der Waals surface area contributed by atoms with Gasteiger partial charge in [-0.05, 0) is 0 Å². The molecule has 0 saturated carbocycles. The van der Waals surface area contributed by atoms with E-state index < -0.39 is 43.5 Å². The Bertz CT molecular complexity index is 240. The molecule has 0 spiro atoms. The molecule has 7 nitrogen and oxygen atoms in total. The van der Waals surface area contributed by atoms with Crippen molar-refractivity contribution in [3.63, 3.8) is 0 Å². The molecule has 7 heteroatoms. The Morgan fingerprint density at radius 3 is 2.57 bits per heavy atom. The maximum absolute atomic E-state index is 10.9. The highest BCUT2D eigenvalue weighted by atomic mass is 16.8. The Labute approximate surface area is 78.8 Å². The Balaban J connectivity index is 2.25. The van der Waals surface area contributed by atoms with Crippen LogP contribution >= 0.6 is 0 Å². The Morgan fingerprint density at radius 1 is 1.21 bits per heavy atom. The first-order valence-electron chi connectivity index (χ1n) is 4.13. The number of carbonyl (C=O) groups excluding carboxylic acids is 1. The fourth-order valence-electron chi connectivity index (χ4n) is 1.53. The van der Waals surface area contributed by atoms with Crippen molar-refractivity contribution in [2.75, 3.05) is 6.61 Å². The van der Waals surface area contributed by atoms with Crippen LogP contribution in [0.1, 0.15) is 0 Å².